The van der Waals surface area contributed by atoms with E-state index in [0.717, 1.165) is 24.0 Å². The second kappa shape index (κ2) is 4.77. The Kier molecular flexibility index (Phi) is 3.37. The van der Waals surface area contributed by atoms with Crippen LogP contribution in [0.1, 0.15) is 48.5 Å². The van der Waals surface area contributed by atoms with Crippen LogP contribution in [-0.2, 0) is 0 Å². The maximum Gasteiger partial charge on any atom is 0.167 e. The van der Waals surface area contributed by atoms with Crippen molar-refractivity contribution in [3.8, 4) is 0 Å². The molecule has 1 aliphatic rings. The lowest BCUT2D eigenvalue weighted by molar-refractivity contribution is 0.0868. The topological polar surface area (TPSA) is 30.0 Å². The fourth-order valence-electron chi connectivity index (χ4n) is 2.60. The number of rotatable bonds is 2. The number of Topliss-reactive ketones (excluding diaryl/α,β-unsaturated/α-hetero) is 1. The van der Waals surface area contributed by atoms with Crippen molar-refractivity contribution in [1.82, 2.24) is 4.98 Å². The molecule has 16 heavy (non-hydrogen) atoms. The summed E-state index contributed by atoms with van der Waals surface area (Å²) in [5.74, 6) is 1.22. The van der Waals surface area contributed by atoms with Gasteiger partial charge in [0.2, 0.25) is 0 Å². The molecule has 2 rings (SSSR count). The molecule has 0 saturated heterocycles. The molecule has 86 valence electrons. The molecule has 2 nitrogen and oxygen atoms in total. The monoisotopic (exact) mass is 217 g/mol. The van der Waals surface area contributed by atoms with Crippen LogP contribution in [0.25, 0.3) is 0 Å². The number of ketones is 1. The van der Waals surface area contributed by atoms with Crippen molar-refractivity contribution in [2.24, 2.45) is 11.8 Å². The molecule has 0 spiro atoms. The van der Waals surface area contributed by atoms with Gasteiger partial charge in [-0.05, 0) is 37.3 Å². The van der Waals surface area contributed by atoms with Crippen molar-refractivity contribution in [1.29, 1.82) is 0 Å². The van der Waals surface area contributed by atoms with Crippen LogP contribution in [0.15, 0.2) is 18.5 Å². The van der Waals surface area contributed by atoms with E-state index >= 15 is 0 Å². The molecule has 0 aromatic carbocycles. The van der Waals surface area contributed by atoms with E-state index in [1.54, 1.807) is 12.4 Å². The summed E-state index contributed by atoms with van der Waals surface area (Å²) < 4.78 is 0. The van der Waals surface area contributed by atoms with Gasteiger partial charge in [-0.15, -0.1) is 0 Å². The molecule has 1 fully saturated rings. The highest BCUT2D eigenvalue weighted by molar-refractivity contribution is 5.97. The van der Waals surface area contributed by atoms with Gasteiger partial charge in [0.05, 0.1) is 0 Å². The lowest BCUT2D eigenvalue weighted by atomic mass is 9.79. The van der Waals surface area contributed by atoms with Gasteiger partial charge in [0.15, 0.2) is 5.78 Å². The third-order valence-corrected chi connectivity index (χ3v) is 3.47. The Morgan fingerprint density at radius 1 is 1.38 bits per heavy atom. The predicted octanol–water partition coefficient (Wildman–Crippen LogP) is 3.40. The third-order valence-electron chi connectivity index (χ3n) is 3.47. The average Bonchev–Trinajstić information content (AvgIpc) is 2.28. The van der Waals surface area contributed by atoms with Gasteiger partial charge < -0.3 is 0 Å². The molecule has 2 heteroatoms. The van der Waals surface area contributed by atoms with E-state index in [1.807, 2.05) is 13.0 Å². The van der Waals surface area contributed by atoms with Crippen molar-refractivity contribution >= 4 is 5.78 Å². The van der Waals surface area contributed by atoms with Crippen molar-refractivity contribution in [2.75, 3.05) is 0 Å². The third kappa shape index (κ3) is 2.49. The van der Waals surface area contributed by atoms with Crippen LogP contribution in [0.5, 0.6) is 0 Å². The summed E-state index contributed by atoms with van der Waals surface area (Å²) >= 11 is 0. The molecule has 0 bridgehead atoms. The second-order valence-corrected chi connectivity index (χ2v) is 5.08. The molecular formula is C14H19NO. The first-order valence-corrected chi connectivity index (χ1v) is 6.12. The minimum absolute atomic E-state index is 0.229. The molecule has 1 saturated carbocycles. The van der Waals surface area contributed by atoms with Gasteiger partial charge in [-0.1, -0.05) is 19.8 Å². The van der Waals surface area contributed by atoms with E-state index < -0.39 is 0 Å². The zero-order chi connectivity index (χ0) is 11.5. The number of aromatic nitrogens is 1. The number of carbonyl (C=O) groups excluding carboxylic acids is 1. The Hall–Kier alpha value is -1.18. The van der Waals surface area contributed by atoms with Gasteiger partial charge in [0.1, 0.15) is 0 Å². The van der Waals surface area contributed by atoms with Crippen molar-refractivity contribution < 1.29 is 4.79 Å². The molecule has 0 N–H and O–H groups in total. The van der Waals surface area contributed by atoms with Crippen LogP contribution in [0, 0.1) is 18.8 Å². The first-order valence-electron chi connectivity index (χ1n) is 6.12. The minimum atomic E-state index is 0.229. The fraction of sp³-hybridized carbons (Fsp3) is 0.571. The second-order valence-electron chi connectivity index (χ2n) is 5.08. The van der Waals surface area contributed by atoms with Gasteiger partial charge in [-0.3, -0.25) is 9.78 Å². The molecule has 2 atom stereocenters. The average molecular weight is 217 g/mol. The maximum atomic E-state index is 12.3. The summed E-state index contributed by atoms with van der Waals surface area (Å²) in [4.78, 5) is 16.4. The number of nitrogens with zero attached hydrogens (tertiary/aromatic N) is 1. The molecule has 0 aliphatic heterocycles. The van der Waals surface area contributed by atoms with E-state index in [4.69, 9.17) is 0 Å². The summed E-state index contributed by atoms with van der Waals surface area (Å²) in [6.07, 6.45) is 8.06. The fourth-order valence-corrected chi connectivity index (χ4v) is 2.60. The van der Waals surface area contributed by atoms with Gasteiger partial charge >= 0.3 is 0 Å². The molecule has 0 amide bonds. The van der Waals surface area contributed by atoms with Gasteiger partial charge in [0.25, 0.3) is 0 Å². The zero-order valence-electron chi connectivity index (χ0n) is 10.1. The van der Waals surface area contributed by atoms with Crippen molar-refractivity contribution in [3.05, 3.63) is 29.6 Å². The van der Waals surface area contributed by atoms with E-state index in [9.17, 15) is 4.79 Å². The highest BCUT2D eigenvalue weighted by Gasteiger charge is 2.25. The van der Waals surface area contributed by atoms with Crippen LogP contribution < -0.4 is 0 Å². The van der Waals surface area contributed by atoms with Crippen molar-refractivity contribution in [2.45, 2.75) is 39.5 Å². The Morgan fingerprint density at radius 2 is 2.19 bits per heavy atom. The van der Waals surface area contributed by atoms with Crippen LogP contribution in [-0.4, -0.2) is 10.8 Å². The maximum absolute atomic E-state index is 12.3. The van der Waals surface area contributed by atoms with Crippen LogP contribution >= 0.6 is 0 Å². The number of pyridine rings is 1. The standard InChI is InChI=1S/C14H19NO/c1-10-4-3-5-12(6-10)14(16)13-7-11(2)8-15-9-13/h7-10,12H,3-6H2,1-2H3. The van der Waals surface area contributed by atoms with Gasteiger partial charge in [-0.25, -0.2) is 0 Å². The number of hydrogen-bond donors (Lipinski definition) is 0. The van der Waals surface area contributed by atoms with Crippen LogP contribution in [0.4, 0.5) is 0 Å². The highest BCUT2D eigenvalue weighted by Crippen LogP contribution is 2.30. The summed E-state index contributed by atoms with van der Waals surface area (Å²) in [6, 6.07) is 1.95. The van der Waals surface area contributed by atoms with Crippen LogP contribution in [0.2, 0.25) is 0 Å². The number of aryl methyl sites for hydroxylation is 1. The van der Waals surface area contributed by atoms with Gasteiger partial charge in [0, 0.05) is 23.9 Å². The lowest BCUT2D eigenvalue weighted by Crippen LogP contribution is -2.22. The Labute approximate surface area is 97.1 Å². The molecule has 2 unspecified atom stereocenters. The number of hydrogen-bond acceptors (Lipinski definition) is 2. The van der Waals surface area contributed by atoms with E-state index in [1.165, 1.54) is 12.8 Å². The molecule has 1 heterocycles. The molecular weight excluding hydrogens is 198 g/mol. The first kappa shape index (κ1) is 11.3. The Bertz CT molecular complexity index is 386. The summed E-state index contributed by atoms with van der Waals surface area (Å²) in [5, 5.41) is 0. The predicted molar refractivity (Wildman–Crippen MR) is 64.4 cm³/mol. The lowest BCUT2D eigenvalue weighted by Gasteiger charge is -2.25. The normalized spacial score (nSPS) is 25.4. The van der Waals surface area contributed by atoms with Gasteiger partial charge in [-0.2, -0.15) is 0 Å². The van der Waals surface area contributed by atoms with E-state index in [2.05, 4.69) is 11.9 Å². The highest BCUT2D eigenvalue weighted by atomic mass is 16.1. The first-order chi connectivity index (χ1) is 7.66. The van der Waals surface area contributed by atoms with Crippen LogP contribution in [0.3, 0.4) is 0 Å². The van der Waals surface area contributed by atoms with E-state index in [0.29, 0.717) is 11.7 Å². The SMILES string of the molecule is Cc1cncc(C(=O)C2CCCC(C)C2)c1. The molecule has 1 aromatic rings. The minimum Gasteiger partial charge on any atom is -0.294 e. The summed E-state index contributed by atoms with van der Waals surface area (Å²) in [7, 11) is 0. The Morgan fingerprint density at radius 3 is 2.88 bits per heavy atom. The smallest absolute Gasteiger partial charge is 0.167 e. The Balaban J connectivity index is 2.12. The van der Waals surface area contributed by atoms with Crippen molar-refractivity contribution in [3.63, 3.8) is 0 Å². The molecule has 1 aromatic heterocycles. The molecule has 0 radical (unpaired) electrons. The largest absolute Gasteiger partial charge is 0.294 e. The number of carbonyl (C=O) groups is 1. The quantitative estimate of drug-likeness (QED) is 0.711. The summed E-state index contributed by atoms with van der Waals surface area (Å²) in [5.41, 5.74) is 1.86. The molecule has 1 aliphatic carbocycles. The van der Waals surface area contributed by atoms with E-state index in [-0.39, 0.29) is 5.92 Å². The summed E-state index contributed by atoms with van der Waals surface area (Å²) in [6.45, 7) is 4.22. The zero-order valence-corrected chi connectivity index (χ0v) is 10.1.